The largest absolute Gasteiger partial charge is 0.360 e. The Labute approximate surface area is 106 Å². The van der Waals surface area contributed by atoms with Crippen molar-refractivity contribution >= 4 is 5.82 Å². The third-order valence-electron chi connectivity index (χ3n) is 2.39. The minimum absolute atomic E-state index is 0.111. The highest BCUT2D eigenvalue weighted by Crippen LogP contribution is 2.08. The molecule has 1 atom stereocenters. The topological polar surface area (TPSA) is 93.9 Å². The number of aromatic nitrogens is 3. The quantitative estimate of drug-likeness (QED) is 0.657. The molecule has 0 spiro atoms. The van der Waals surface area contributed by atoms with Gasteiger partial charge in [-0.05, 0) is 26.4 Å². The van der Waals surface area contributed by atoms with Crippen LogP contribution in [0.25, 0.3) is 0 Å². The summed E-state index contributed by atoms with van der Waals surface area (Å²) in [7, 11) is 3.94. The maximum Gasteiger partial charge on any atom is 0.342 e. The third kappa shape index (κ3) is 4.70. The van der Waals surface area contributed by atoms with Crippen LogP contribution < -0.4 is 16.6 Å². The fraction of sp³-hybridized carbons (Fsp3) is 0.727. The highest BCUT2D eigenvalue weighted by molar-refractivity contribution is 5.30. The Morgan fingerprint density at radius 3 is 2.50 bits per heavy atom. The SMILES string of the molecule is CC(C)CC(CN(C)C)Nc1n[nH]c(=O)[nH]c1=O. The van der Waals surface area contributed by atoms with Gasteiger partial charge in [0.05, 0.1) is 0 Å². The van der Waals surface area contributed by atoms with E-state index >= 15 is 0 Å². The van der Waals surface area contributed by atoms with Crippen LogP contribution in [0.5, 0.6) is 0 Å². The van der Waals surface area contributed by atoms with Crippen molar-refractivity contribution in [3.63, 3.8) is 0 Å². The zero-order valence-electron chi connectivity index (χ0n) is 11.3. The maximum absolute atomic E-state index is 11.5. The highest BCUT2D eigenvalue weighted by atomic mass is 16.2. The molecule has 0 radical (unpaired) electrons. The van der Waals surface area contributed by atoms with Crippen LogP contribution in [0.15, 0.2) is 9.59 Å². The van der Waals surface area contributed by atoms with Crippen molar-refractivity contribution < 1.29 is 0 Å². The Hall–Kier alpha value is -1.63. The van der Waals surface area contributed by atoms with Crippen LogP contribution in [-0.4, -0.2) is 46.8 Å². The van der Waals surface area contributed by atoms with Gasteiger partial charge in [-0.15, -0.1) is 5.10 Å². The third-order valence-corrected chi connectivity index (χ3v) is 2.39. The molecule has 3 N–H and O–H groups in total. The molecule has 1 rings (SSSR count). The number of H-pyrrole nitrogens is 2. The van der Waals surface area contributed by atoms with Crippen LogP contribution in [0.2, 0.25) is 0 Å². The molecule has 0 saturated carbocycles. The normalized spacial score (nSPS) is 13.0. The molecule has 0 aliphatic rings. The average Bonchev–Trinajstić information content (AvgIpc) is 2.20. The van der Waals surface area contributed by atoms with Crippen molar-refractivity contribution in [2.45, 2.75) is 26.3 Å². The summed E-state index contributed by atoms with van der Waals surface area (Å²) in [6.07, 6.45) is 0.915. The van der Waals surface area contributed by atoms with E-state index in [1.54, 1.807) is 0 Å². The molecule has 18 heavy (non-hydrogen) atoms. The number of nitrogens with zero attached hydrogens (tertiary/aromatic N) is 2. The van der Waals surface area contributed by atoms with E-state index in [1.807, 2.05) is 19.0 Å². The lowest BCUT2D eigenvalue weighted by atomic mass is 10.0. The van der Waals surface area contributed by atoms with Crippen molar-refractivity contribution in [1.82, 2.24) is 20.1 Å². The van der Waals surface area contributed by atoms with Gasteiger partial charge in [0.15, 0.2) is 0 Å². The van der Waals surface area contributed by atoms with Gasteiger partial charge in [0.25, 0.3) is 5.56 Å². The van der Waals surface area contributed by atoms with Crippen LogP contribution in [0.1, 0.15) is 20.3 Å². The summed E-state index contributed by atoms with van der Waals surface area (Å²) in [6.45, 7) is 5.03. The zero-order valence-corrected chi connectivity index (χ0v) is 11.3. The number of hydrogen-bond donors (Lipinski definition) is 3. The van der Waals surface area contributed by atoms with E-state index in [4.69, 9.17) is 0 Å². The second kappa shape index (κ2) is 6.34. The summed E-state index contributed by atoms with van der Waals surface area (Å²) >= 11 is 0. The number of nitrogens with one attached hydrogen (secondary N) is 3. The van der Waals surface area contributed by atoms with E-state index < -0.39 is 11.2 Å². The fourth-order valence-corrected chi connectivity index (χ4v) is 1.83. The molecule has 0 amide bonds. The second-order valence-corrected chi connectivity index (χ2v) is 5.09. The van der Waals surface area contributed by atoms with Gasteiger partial charge in [-0.25, -0.2) is 9.89 Å². The number of likely N-dealkylation sites (N-methyl/N-ethyl adjacent to an activating group) is 1. The zero-order chi connectivity index (χ0) is 13.7. The molecule has 7 nitrogen and oxygen atoms in total. The Kier molecular flexibility index (Phi) is 5.08. The lowest BCUT2D eigenvalue weighted by Crippen LogP contribution is -2.37. The lowest BCUT2D eigenvalue weighted by Gasteiger charge is -2.23. The van der Waals surface area contributed by atoms with Crippen molar-refractivity contribution in [2.75, 3.05) is 26.0 Å². The number of rotatable bonds is 6. The number of aromatic amines is 2. The van der Waals surface area contributed by atoms with Gasteiger partial charge in [0.2, 0.25) is 5.82 Å². The van der Waals surface area contributed by atoms with Gasteiger partial charge >= 0.3 is 5.69 Å². The molecule has 1 aromatic rings. The smallest absolute Gasteiger partial charge is 0.342 e. The first-order chi connectivity index (χ1) is 8.38. The lowest BCUT2D eigenvalue weighted by molar-refractivity contribution is 0.355. The Bertz CT molecular complexity index is 467. The number of anilines is 1. The predicted octanol–water partition coefficient (Wildman–Crippen LogP) is -0.154. The molecule has 0 bridgehead atoms. The molecule has 1 unspecified atom stereocenters. The van der Waals surface area contributed by atoms with Gasteiger partial charge in [-0.2, -0.15) is 0 Å². The minimum atomic E-state index is -0.599. The highest BCUT2D eigenvalue weighted by Gasteiger charge is 2.14. The van der Waals surface area contributed by atoms with E-state index in [1.165, 1.54) is 0 Å². The van der Waals surface area contributed by atoms with Gasteiger partial charge in [-0.1, -0.05) is 13.8 Å². The van der Waals surface area contributed by atoms with E-state index in [0.29, 0.717) is 5.92 Å². The van der Waals surface area contributed by atoms with Crippen LogP contribution in [0.3, 0.4) is 0 Å². The van der Waals surface area contributed by atoms with Crippen molar-refractivity contribution in [2.24, 2.45) is 5.92 Å². The van der Waals surface area contributed by atoms with Crippen molar-refractivity contribution in [3.05, 3.63) is 20.8 Å². The van der Waals surface area contributed by atoms with Crippen LogP contribution in [-0.2, 0) is 0 Å². The molecule has 1 aromatic heterocycles. The van der Waals surface area contributed by atoms with E-state index in [0.717, 1.165) is 13.0 Å². The van der Waals surface area contributed by atoms with E-state index in [-0.39, 0.29) is 11.9 Å². The fourth-order valence-electron chi connectivity index (χ4n) is 1.83. The number of hydrogen-bond acceptors (Lipinski definition) is 5. The molecule has 0 saturated heterocycles. The van der Waals surface area contributed by atoms with Crippen LogP contribution >= 0.6 is 0 Å². The molecule has 102 valence electrons. The summed E-state index contributed by atoms with van der Waals surface area (Å²) in [6, 6.07) is 0.111. The Morgan fingerprint density at radius 1 is 1.33 bits per heavy atom. The molecule has 7 heteroatoms. The molecule has 0 fully saturated rings. The predicted molar refractivity (Wildman–Crippen MR) is 70.9 cm³/mol. The maximum atomic E-state index is 11.5. The van der Waals surface area contributed by atoms with Crippen LogP contribution in [0, 0.1) is 5.92 Å². The molecular weight excluding hydrogens is 234 g/mol. The average molecular weight is 255 g/mol. The Balaban J connectivity index is 2.81. The van der Waals surface area contributed by atoms with Crippen molar-refractivity contribution in [3.8, 4) is 0 Å². The minimum Gasteiger partial charge on any atom is -0.360 e. The molecule has 0 aliphatic carbocycles. The summed E-state index contributed by atoms with van der Waals surface area (Å²) in [5.41, 5.74) is -1.09. The second-order valence-electron chi connectivity index (χ2n) is 5.09. The summed E-state index contributed by atoms with van der Waals surface area (Å²) in [5.74, 6) is 0.659. The molecular formula is C11H21N5O2. The van der Waals surface area contributed by atoms with E-state index in [2.05, 4.69) is 34.3 Å². The van der Waals surface area contributed by atoms with Crippen LogP contribution in [0.4, 0.5) is 5.82 Å². The van der Waals surface area contributed by atoms with Gasteiger partial charge in [0.1, 0.15) is 0 Å². The molecule has 0 aliphatic heterocycles. The summed E-state index contributed by atoms with van der Waals surface area (Å²) < 4.78 is 0. The monoisotopic (exact) mass is 255 g/mol. The first-order valence-electron chi connectivity index (χ1n) is 5.98. The molecule has 1 heterocycles. The van der Waals surface area contributed by atoms with Gasteiger partial charge in [-0.3, -0.25) is 9.78 Å². The standard InChI is InChI=1S/C11H21N5O2/c1-7(2)5-8(6-16(3)4)12-9-10(17)13-11(18)15-14-9/h7-8H,5-6H2,1-4H3,(H,12,14)(H2,13,15,17,18). The first-order valence-corrected chi connectivity index (χ1v) is 5.98. The summed E-state index contributed by atoms with van der Waals surface area (Å²) in [5, 5.41) is 9.01. The first kappa shape index (κ1) is 14.4. The van der Waals surface area contributed by atoms with E-state index in [9.17, 15) is 9.59 Å². The van der Waals surface area contributed by atoms with Gasteiger partial charge < -0.3 is 10.2 Å². The Morgan fingerprint density at radius 2 is 2.00 bits per heavy atom. The van der Waals surface area contributed by atoms with Gasteiger partial charge in [0, 0.05) is 12.6 Å². The van der Waals surface area contributed by atoms with Crippen molar-refractivity contribution in [1.29, 1.82) is 0 Å². The molecule has 0 aromatic carbocycles. The summed E-state index contributed by atoms with van der Waals surface area (Å²) in [4.78, 5) is 26.6.